The van der Waals surface area contributed by atoms with E-state index in [2.05, 4.69) is 5.48 Å². The zero-order valence-electron chi connectivity index (χ0n) is 9.17. The van der Waals surface area contributed by atoms with Crippen LogP contribution in [-0.2, 0) is 14.7 Å². The lowest BCUT2D eigenvalue weighted by molar-refractivity contribution is 0.0777. The second-order valence-corrected chi connectivity index (χ2v) is 5.92. The molecule has 1 aromatic rings. The SMILES string of the molecule is Cc1ccc(C2=C3C(C=CS3(=O)=O)ON2)cc1. The average Bonchev–Trinajstić information content (AvgIpc) is 2.83. The number of hydroxylamine groups is 1. The molecule has 2 aliphatic rings. The highest BCUT2D eigenvalue weighted by Crippen LogP contribution is 2.35. The fourth-order valence-electron chi connectivity index (χ4n) is 1.97. The van der Waals surface area contributed by atoms with Crippen LogP contribution in [-0.4, -0.2) is 14.5 Å². The molecule has 1 atom stereocenters. The number of benzene rings is 1. The molecular formula is C12H11NO3S. The molecule has 4 nitrogen and oxygen atoms in total. The smallest absolute Gasteiger partial charge is 0.200 e. The van der Waals surface area contributed by atoms with Gasteiger partial charge in [0, 0.05) is 11.0 Å². The van der Waals surface area contributed by atoms with Gasteiger partial charge in [0.25, 0.3) is 0 Å². The number of hydrogen-bond donors (Lipinski definition) is 1. The van der Waals surface area contributed by atoms with Crippen molar-refractivity contribution in [3.05, 3.63) is 51.8 Å². The molecule has 0 bridgehead atoms. The van der Waals surface area contributed by atoms with E-state index < -0.39 is 15.9 Å². The van der Waals surface area contributed by atoms with Crippen LogP contribution in [0.2, 0.25) is 0 Å². The molecule has 0 aliphatic carbocycles. The zero-order valence-corrected chi connectivity index (χ0v) is 9.99. The van der Waals surface area contributed by atoms with Gasteiger partial charge in [-0.05, 0) is 13.0 Å². The third kappa shape index (κ3) is 1.59. The van der Waals surface area contributed by atoms with Gasteiger partial charge in [0.05, 0.1) is 5.70 Å². The Morgan fingerprint density at radius 2 is 1.94 bits per heavy atom. The molecule has 1 aromatic carbocycles. The second-order valence-electron chi connectivity index (χ2n) is 4.12. The van der Waals surface area contributed by atoms with Crippen LogP contribution in [0.3, 0.4) is 0 Å². The molecule has 1 unspecified atom stereocenters. The summed E-state index contributed by atoms with van der Waals surface area (Å²) in [6.07, 6.45) is 1.05. The van der Waals surface area contributed by atoms with Gasteiger partial charge in [-0.3, -0.25) is 10.3 Å². The molecule has 0 saturated carbocycles. The van der Waals surface area contributed by atoms with Crippen molar-refractivity contribution in [1.29, 1.82) is 0 Å². The first-order valence-corrected chi connectivity index (χ1v) is 6.79. The molecule has 88 valence electrons. The molecule has 0 fully saturated rings. The highest BCUT2D eigenvalue weighted by Gasteiger charge is 2.38. The van der Waals surface area contributed by atoms with E-state index in [1.54, 1.807) is 6.08 Å². The van der Waals surface area contributed by atoms with Gasteiger partial charge < -0.3 is 0 Å². The molecule has 0 spiro atoms. The van der Waals surface area contributed by atoms with Crippen LogP contribution in [0, 0.1) is 6.92 Å². The van der Waals surface area contributed by atoms with E-state index in [1.165, 1.54) is 5.41 Å². The Hall–Kier alpha value is -1.59. The molecule has 1 N–H and O–H groups in total. The van der Waals surface area contributed by atoms with Crippen molar-refractivity contribution in [2.75, 3.05) is 0 Å². The fourth-order valence-corrected chi connectivity index (χ4v) is 3.36. The Kier molecular flexibility index (Phi) is 2.14. The van der Waals surface area contributed by atoms with E-state index in [0.717, 1.165) is 11.1 Å². The molecule has 2 heterocycles. The van der Waals surface area contributed by atoms with Crippen molar-refractivity contribution in [2.45, 2.75) is 13.0 Å². The van der Waals surface area contributed by atoms with E-state index >= 15 is 0 Å². The van der Waals surface area contributed by atoms with Crippen molar-refractivity contribution >= 4 is 15.5 Å². The monoisotopic (exact) mass is 249 g/mol. The Morgan fingerprint density at radius 1 is 1.24 bits per heavy atom. The van der Waals surface area contributed by atoms with Gasteiger partial charge in [-0.2, -0.15) is 0 Å². The van der Waals surface area contributed by atoms with Gasteiger partial charge in [-0.15, -0.1) is 0 Å². The van der Waals surface area contributed by atoms with Crippen LogP contribution in [0.5, 0.6) is 0 Å². The Bertz CT molecular complexity index is 626. The van der Waals surface area contributed by atoms with E-state index in [1.807, 2.05) is 31.2 Å². The minimum atomic E-state index is -3.32. The summed E-state index contributed by atoms with van der Waals surface area (Å²) < 4.78 is 23.7. The van der Waals surface area contributed by atoms with Crippen LogP contribution in [0.15, 0.2) is 40.7 Å². The number of aryl methyl sites for hydroxylation is 1. The molecule has 0 aromatic heterocycles. The molecule has 0 amide bonds. The van der Waals surface area contributed by atoms with Gasteiger partial charge in [0.2, 0.25) is 9.84 Å². The van der Waals surface area contributed by atoms with Crippen molar-refractivity contribution in [1.82, 2.24) is 5.48 Å². The maximum absolute atomic E-state index is 11.8. The summed E-state index contributed by atoms with van der Waals surface area (Å²) in [7, 11) is -3.32. The van der Waals surface area contributed by atoms with Crippen LogP contribution in [0.25, 0.3) is 5.70 Å². The predicted molar refractivity (Wildman–Crippen MR) is 64.2 cm³/mol. The largest absolute Gasteiger partial charge is 0.264 e. The average molecular weight is 249 g/mol. The maximum atomic E-state index is 11.8. The predicted octanol–water partition coefficient (Wildman–Crippen LogP) is 1.51. The first kappa shape index (κ1) is 10.6. The normalized spacial score (nSPS) is 24.9. The summed E-state index contributed by atoms with van der Waals surface area (Å²) in [5, 5.41) is 1.20. The van der Waals surface area contributed by atoms with Gasteiger partial charge in [-0.25, -0.2) is 8.42 Å². The number of hydrogen-bond acceptors (Lipinski definition) is 4. The third-order valence-corrected chi connectivity index (χ3v) is 4.44. The first-order valence-electron chi connectivity index (χ1n) is 5.24. The van der Waals surface area contributed by atoms with Gasteiger partial charge in [0.1, 0.15) is 11.0 Å². The topological polar surface area (TPSA) is 55.4 Å². The number of nitrogens with one attached hydrogen (secondary N) is 1. The summed E-state index contributed by atoms with van der Waals surface area (Å²) in [6.45, 7) is 1.98. The summed E-state index contributed by atoms with van der Waals surface area (Å²) in [6, 6.07) is 7.63. The Morgan fingerprint density at radius 3 is 2.65 bits per heavy atom. The first-order chi connectivity index (χ1) is 8.08. The van der Waals surface area contributed by atoms with E-state index in [-0.39, 0.29) is 0 Å². The van der Waals surface area contributed by atoms with Gasteiger partial charge >= 0.3 is 0 Å². The number of fused-ring (bicyclic) bond motifs is 1. The molecular weight excluding hydrogens is 238 g/mol. The van der Waals surface area contributed by atoms with Gasteiger partial charge in [0.15, 0.2) is 0 Å². The fraction of sp³-hybridized carbons (Fsp3) is 0.167. The third-order valence-electron chi connectivity index (χ3n) is 2.87. The van der Waals surface area contributed by atoms with Crippen LogP contribution >= 0.6 is 0 Å². The quantitative estimate of drug-likeness (QED) is 0.819. The molecule has 17 heavy (non-hydrogen) atoms. The molecule has 0 saturated heterocycles. The van der Waals surface area contributed by atoms with E-state index in [4.69, 9.17) is 4.84 Å². The number of sulfone groups is 1. The minimum Gasteiger partial charge on any atom is -0.264 e. The summed E-state index contributed by atoms with van der Waals surface area (Å²) in [5.41, 5.74) is 5.19. The maximum Gasteiger partial charge on any atom is 0.200 e. The van der Waals surface area contributed by atoms with Crippen molar-refractivity contribution in [3.63, 3.8) is 0 Å². The molecule has 5 heteroatoms. The molecule has 2 aliphatic heterocycles. The standard InChI is InChI=1S/C12H11NO3S/c1-8-2-4-9(5-3-8)11-12-10(16-13-11)6-7-17(12,14)15/h2-7,10,13H,1H3. The molecule has 0 radical (unpaired) electrons. The summed E-state index contributed by atoms with van der Waals surface area (Å²) in [5.74, 6) is 0. The summed E-state index contributed by atoms with van der Waals surface area (Å²) in [4.78, 5) is 5.53. The molecule has 3 rings (SSSR count). The van der Waals surface area contributed by atoms with Crippen LogP contribution in [0.1, 0.15) is 11.1 Å². The highest BCUT2D eigenvalue weighted by molar-refractivity contribution is 7.98. The lowest BCUT2D eigenvalue weighted by Gasteiger charge is -2.04. The van der Waals surface area contributed by atoms with Crippen molar-refractivity contribution in [3.8, 4) is 0 Å². The Balaban J connectivity index is 2.16. The summed E-state index contributed by atoms with van der Waals surface area (Å²) >= 11 is 0. The van der Waals surface area contributed by atoms with Crippen molar-refractivity contribution in [2.24, 2.45) is 0 Å². The van der Waals surface area contributed by atoms with Crippen molar-refractivity contribution < 1.29 is 13.3 Å². The second kappa shape index (κ2) is 3.45. The number of rotatable bonds is 1. The lowest BCUT2D eigenvalue weighted by atomic mass is 10.1. The van der Waals surface area contributed by atoms with E-state index in [9.17, 15) is 8.42 Å². The van der Waals surface area contributed by atoms with Gasteiger partial charge in [-0.1, -0.05) is 29.8 Å². The zero-order chi connectivity index (χ0) is 12.0. The Labute approximate surface area is 99.5 Å². The van der Waals surface area contributed by atoms with Crippen LogP contribution in [0.4, 0.5) is 0 Å². The van der Waals surface area contributed by atoms with E-state index in [0.29, 0.717) is 10.6 Å². The lowest BCUT2D eigenvalue weighted by Crippen LogP contribution is -2.09. The van der Waals surface area contributed by atoms with Crippen LogP contribution < -0.4 is 5.48 Å². The highest BCUT2D eigenvalue weighted by atomic mass is 32.2. The minimum absolute atomic E-state index is 0.307.